The van der Waals surface area contributed by atoms with E-state index in [0.29, 0.717) is 12.4 Å². The fraction of sp³-hybridized carbons (Fsp3) is 0.538. The van der Waals surface area contributed by atoms with Gasteiger partial charge in [0.2, 0.25) is 0 Å². The maximum atomic E-state index is 10.5. The first-order valence-corrected chi connectivity index (χ1v) is 6.25. The predicted octanol–water partition coefficient (Wildman–Crippen LogP) is 2.22. The highest BCUT2D eigenvalue weighted by Crippen LogP contribution is 2.36. The van der Waals surface area contributed by atoms with Crippen LogP contribution in [-0.4, -0.2) is 24.6 Å². The van der Waals surface area contributed by atoms with Gasteiger partial charge in [0.05, 0.1) is 4.92 Å². The summed E-state index contributed by atoms with van der Waals surface area (Å²) in [6, 6.07) is 6.16. The Labute approximate surface area is 106 Å². The number of nitro benzene ring substituents is 1. The van der Waals surface area contributed by atoms with E-state index in [1.54, 1.807) is 12.1 Å². The third-order valence-corrected chi connectivity index (χ3v) is 3.28. The first-order chi connectivity index (χ1) is 8.66. The molecule has 1 aromatic carbocycles. The minimum Gasteiger partial charge on any atom is -0.492 e. The Morgan fingerprint density at radius 3 is 2.67 bits per heavy atom. The van der Waals surface area contributed by atoms with Gasteiger partial charge in [-0.1, -0.05) is 6.92 Å². The van der Waals surface area contributed by atoms with E-state index in [4.69, 9.17) is 4.74 Å². The van der Waals surface area contributed by atoms with Crippen LogP contribution in [0.3, 0.4) is 0 Å². The maximum absolute atomic E-state index is 10.5. The van der Waals surface area contributed by atoms with Gasteiger partial charge < -0.3 is 10.1 Å². The number of nitrogens with zero attached hydrogens (tertiary/aromatic N) is 1. The lowest BCUT2D eigenvalue weighted by Gasteiger charge is -2.07. The molecule has 1 saturated carbocycles. The molecule has 1 aromatic rings. The van der Waals surface area contributed by atoms with Gasteiger partial charge in [-0.25, -0.2) is 0 Å². The molecule has 0 radical (unpaired) electrons. The Bertz CT molecular complexity index is 405. The topological polar surface area (TPSA) is 64.4 Å². The number of nitro groups is 1. The highest BCUT2D eigenvalue weighted by Gasteiger charge is 2.31. The van der Waals surface area contributed by atoms with Crippen LogP contribution in [0.5, 0.6) is 5.75 Å². The first-order valence-electron chi connectivity index (χ1n) is 6.25. The van der Waals surface area contributed by atoms with Crippen LogP contribution in [0.2, 0.25) is 0 Å². The minimum absolute atomic E-state index is 0.0863. The molecule has 2 unspecified atom stereocenters. The van der Waals surface area contributed by atoms with Crippen LogP contribution in [0.25, 0.3) is 0 Å². The van der Waals surface area contributed by atoms with Crippen molar-refractivity contribution in [3.05, 3.63) is 34.4 Å². The van der Waals surface area contributed by atoms with E-state index < -0.39 is 4.92 Å². The van der Waals surface area contributed by atoms with Gasteiger partial charge in [0.1, 0.15) is 12.4 Å². The number of nitrogens with one attached hydrogen (secondary N) is 1. The normalized spacial score (nSPS) is 21.6. The van der Waals surface area contributed by atoms with E-state index in [9.17, 15) is 10.1 Å². The van der Waals surface area contributed by atoms with Gasteiger partial charge >= 0.3 is 0 Å². The van der Waals surface area contributed by atoms with Crippen molar-refractivity contribution in [2.45, 2.75) is 13.3 Å². The summed E-state index contributed by atoms with van der Waals surface area (Å²) in [5.41, 5.74) is 0.0863. The van der Waals surface area contributed by atoms with Gasteiger partial charge in [-0.15, -0.1) is 0 Å². The molecule has 18 heavy (non-hydrogen) atoms. The second-order valence-corrected chi connectivity index (χ2v) is 4.78. The lowest BCUT2D eigenvalue weighted by atomic mass is 10.3. The quantitative estimate of drug-likeness (QED) is 0.458. The molecular weight excluding hydrogens is 232 g/mol. The standard InChI is InChI=1S/C13H18N2O3/c1-10-8-11(10)9-14-6-7-18-13-4-2-12(3-5-13)15(16)17/h2-5,10-11,14H,6-9H2,1H3. The largest absolute Gasteiger partial charge is 0.492 e. The zero-order valence-electron chi connectivity index (χ0n) is 10.5. The second kappa shape index (κ2) is 5.82. The highest BCUT2D eigenvalue weighted by atomic mass is 16.6. The third-order valence-electron chi connectivity index (χ3n) is 3.28. The molecular formula is C13H18N2O3. The smallest absolute Gasteiger partial charge is 0.269 e. The summed E-state index contributed by atoms with van der Waals surface area (Å²) >= 11 is 0. The van der Waals surface area contributed by atoms with E-state index in [-0.39, 0.29) is 5.69 Å². The van der Waals surface area contributed by atoms with Crippen LogP contribution in [0, 0.1) is 22.0 Å². The van der Waals surface area contributed by atoms with Crippen molar-refractivity contribution in [1.82, 2.24) is 5.32 Å². The fourth-order valence-electron chi connectivity index (χ4n) is 1.88. The maximum Gasteiger partial charge on any atom is 0.269 e. The molecule has 0 aromatic heterocycles. The van der Waals surface area contributed by atoms with Crippen molar-refractivity contribution in [1.29, 1.82) is 0 Å². The summed E-state index contributed by atoms with van der Waals surface area (Å²) in [7, 11) is 0. The predicted molar refractivity (Wildman–Crippen MR) is 68.7 cm³/mol. The van der Waals surface area contributed by atoms with Gasteiger partial charge in [0.25, 0.3) is 5.69 Å². The number of rotatable bonds is 7. The Balaban J connectivity index is 1.62. The van der Waals surface area contributed by atoms with Crippen LogP contribution in [0.1, 0.15) is 13.3 Å². The average Bonchev–Trinajstić information content (AvgIpc) is 3.05. The highest BCUT2D eigenvalue weighted by molar-refractivity contribution is 5.35. The number of non-ortho nitro benzene ring substituents is 1. The first kappa shape index (κ1) is 12.8. The Morgan fingerprint density at radius 1 is 1.44 bits per heavy atom. The zero-order valence-corrected chi connectivity index (χ0v) is 10.5. The van der Waals surface area contributed by atoms with Gasteiger partial charge in [-0.3, -0.25) is 10.1 Å². The van der Waals surface area contributed by atoms with Crippen LogP contribution in [0.15, 0.2) is 24.3 Å². The SMILES string of the molecule is CC1CC1CNCCOc1ccc([N+](=O)[O-])cc1. The molecule has 0 amide bonds. The van der Waals surface area contributed by atoms with Crippen molar-refractivity contribution in [3.63, 3.8) is 0 Å². The Kier molecular flexibility index (Phi) is 4.15. The zero-order chi connectivity index (χ0) is 13.0. The summed E-state index contributed by atoms with van der Waals surface area (Å²) in [5, 5.41) is 13.8. The Hall–Kier alpha value is -1.62. The van der Waals surface area contributed by atoms with Crippen LogP contribution < -0.4 is 10.1 Å². The van der Waals surface area contributed by atoms with Crippen LogP contribution >= 0.6 is 0 Å². The molecule has 5 heteroatoms. The summed E-state index contributed by atoms with van der Waals surface area (Å²) in [5.74, 6) is 2.37. The minimum atomic E-state index is -0.415. The molecule has 0 spiro atoms. The molecule has 1 fully saturated rings. The molecule has 0 heterocycles. The molecule has 5 nitrogen and oxygen atoms in total. The molecule has 0 bridgehead atoms. The fourth-order valence-corrected chi connectivity index (χ4v) is 1.88. The van der Waals surface area contributed by atoms with E-state index >= 15 is 0 Å². The summed E-state index contributed by atoms with van der Waals surface area (Å²) < 4.78 is 5.48. The van der Waals surface area contributed by atoms with E-state index in [1.807, 2.05) is 0 Å². The van der Waals surface area contributed by atoms with Crippen molar-refractivity contribution in [2.24, 2.45) is 11.8 Å². The average molecular weight is 250 g/mol. The number of hydrogen-bond donors (Lipinski definition) is 1. The summed E-state index contributed by atoms with van der Waals surface area (Å²) in [4.78, 5) is 10.0. The molecule has 0 saturated heterocycles. The third kappa shape index (κ3) is 3.70. The molecule has 98 valence electrons. The van der Waals surface area contributed by atoms with E-state index in [2.05, 4.69) is 12.2 Å². The van der Waals surface area contributed by atoms with Crippen molar-refractivity contribution in [2.75, 3.05) is 19.7 Å². The van der Waals surface area contributed by atoms with Gasteiger partial charge in [0, 0.05) is 18.7 Å². The van der Waals surface area contributed by atoms with Crippen molar-refractivity contribution < 1.29 is 9.66 Å². The van der Waals surface area contributed by atoms with Crippen molar-refractivity contribution in [3.8, 4) is 5.75 Å². The van der Waals surface area contributed by atoms with Crippen LogP contribution in [-0.2, 0) is 0 Å². The van der Waals surface area contributed by atoms with E-state index in [0.717, 1.165) is 24.9 Å². The number of hydrogen-bond acceptors (Lipinski definition) is 4. The second-order valence-electron chi connectivity index (χ2n) is 4.78. The van der Waals surface area contributed by atoms with E-state index in [1.165, 1.54) is 18.6 Å². The van der Waals surface area contributed by atoms with Crippen molar-refractivity contribution >= 4 is 5.69 Å². The number of ether oxygens (including phenoxy) is 1. The summed E-state index contributed by atoms with van der Waals surface area (Å²) in [6.07, 6.45) is 1.33. The molecule has 1 aliphatic rings. The van der Waals surface area contributed by atoms with Gasteiger partial charge in [-0.2, -0.15) is 0 Å². The Morgan fingerprint density at radius 2 is 2.11 bits per heavy atom. The number of benzene rings is 1. The molecule has 1 aliphatic carbocycles. The molecule has 0 aliphatic heterocycles. The molecule has 2 atom stereocenters. The molecule has 2 rings (SSSR count). The lowest BCUT2D eigenvalue weighted by molar-refractivity contribution is -0.384. The van der Waals surface area contributed by atoms with Gasteiger partial charge in [0.15, 0.2) is 0 Å². The summed E-state index contributed by atoms with van der Waals surface area (Å²) in [6.45, 7) is 4.71. The lowest BCUT2D eigenvalue weighted by Crippen LogP contribution is -2.23. The van der Waals surface area contributed by atoms with Crippen LogP contribution in [0.4, 0.5) is 5.69 Å². The van der Waals surface area contributed by atoms with Gasteiger partial charge in [-0.05, 0) is 36.9 Å². The monoisotopic (exact) mass is 250 g/mol. The molecule has 1 N–H and O–H groups in total.